The third-order valence-electron chi connectivity index (χ3n) is 2.87. The monoisotopic (exact) mass is 249 g/mol. The van der Waals surface area contributed by atoms with Crippen LogP contribution in [-0.2, 0) is 9.53 Å². The summed E-state index contributed by atoms with van der Waals surface area (Å²) in [7, 11) is 0. The van der Waals surface area contributed by atoms with E-state index < -0.39 is 17.8 Å². The molecule has 0 saturated carbocycles. The van der Waals surface area contributed by atoms with Crippen molar-refractivity contribution >= 4 is 11.6 Å². The van der Waals surface area contributed by atoms with E-state index in [-0.39, 0.29) is 12.2 Å². The van der Waals surface area contributed by atoms with Gasteiger partial charge in [0.2, 0.25) is 5.91 Å². The molecule has 6 heteroatoms. The highest BCUT2D eigenvalue weighted by Gasteiger charge is 2.29. The van der Waals surface area contributed by atoms with E-state index in [4.69, 9.17) is 15.7 Å². The van der Waals surface area contributed by atoms with Crippen molar-refractivity contribution in [3.05, 3.63) is 29.6 Å². The number of hydrogen-bond donors (Lipinski definition) is 1. The molecule has 1 aliphatic heterocycles. The van der Waals surface area contributed by atoms with Gasteiger partial charge in [-0.05, 0) is 12.1 Å². The lowest BCUT2D eigenvalue weighted by Gasteiger charge is -2.35. The van der Waals surface area contributed by atoms with Crippen LogP contribution in [0.15, 0.2) is 18.2 Å². The number of benzene rings is 1. The molecular formula is C12H12FN3O2. The van der Waals surface area contributed by atoms with Crippen molar-refractivity contribution in [3.8, 4) is 6.07 Å². The molecule has 94 valence electrons. The Morgan fingerprint density at radius 3 is 3.06 bits per heavy atom. The zero-order valence-corrected chi connectivity index (χ0v) is 9.60. The Morgan fingerprint density at radius 2 is 2.39 bits per heavy atom. The van der Waals surface area contributed by atoms with E-state index in [0.29, 0.717) is 18.8 Å². The number of primary amides is 1. The molecule has 18 heavy (non-hydrogen) atoms. The minimum Gasteiger partial charge on any atom is -0.377 e. The van der Waals surface area contributed by atoms with Crippen molar-refractivity contribution in [2.24, 2.45) is 5.73 Å². The van der Waals surface area contributed by atoms with Gasteiger partial charge in [0.15, 0.2) is 0 Å². The predicted molar refractivity (Wildman–Crippen MR) is 62.3 cm³/mol. The molecule has 0 spiro atoms. The molecule has 1 atom stereocenters. The van der Waals surface area contributed by atoms with Crippen molar-refractivity contribution in [2.45, 2.75) is 6.04 Å². The van der Waals surface area contributed by atoms with E-state index in [1.807, 2.05) is 6.07 Å². The highest BCUT2D eigenvalue weighted by atomic mass is 19.1. The minimum absolute atomic E-state index is 0.0781. The number of carbonyl (C=O) groups is 1. The summed E-state index contributed by atoms with van der Waals surface area (Å²) in [5.41, 5.74) is 5.59. The van der Waals surface area contributed by atoms with Gasteiger partial charge < -0.3 is 15.4 Å². The van der Waals surface area contributed by atoms with Crippen LogP contribution in [0.1, 0.15) is 5.56 Å². The number of halogens is 1. The average Bonchev–Trinajstić information content (AvgIpc) is 2.38. The first-order valence-electron chi connectivity index (χ1n) is 5.47. The van der Waals surface area contributed by atoms with Gasteiger partial charge in [-0.25, -0.2) is 4.39 Å². The van der Waals surface area contributed by atoms with Gasteiger partial charge in [0.25, 0.3) is 0 Å². The van der Waals surface area contributed by atoms with Crippen LogP contribution in [0.25, 0.3) is 0 Å². The fraction of sp³-hybridized carbons (Fsp3) is 0.333. The Bertz CT molecular complexity index is 513. The number of ether oxygens (including phenoxy) is 1. The van der Waals surface area contributed by atoms with Crippen molar-refractivity contribution in [1.82, 2.24) is 0 Å². The van der Waals surface area contributed by atoms with Crippen LogP contribution in [0.4, 0.5) is 10.1 Å². The second kappa shape index (κ2) is 5.02. The lowest BCUT2D eigenvalue weighted by atomic mass is 10.1. The molecule has 2 rings (SSSR count). The molecule has 2 N–H and O–H groups in total. The molecular weight excluding hydrogens is 237 g/mol. The second-order valence-electron chi connectivity index (χ2n) is 3.93. The maximum Gasteiger partial charge on any atom is 0.242 e. The number of morpholine rings is 1. The fourth-order valence-electron chi connectivity index (χ4n) is 1.99. The normalized spacial score (nSPS) is 19.3. The number of carbonyl (C=O) groups excluding carboxylic acids is 1. The maximum atomic E-state index is 13.5. The van der Waals surface area contributed by atoms with Gasteiger partial charge in [0.1, 0.15) is 23.5 Å². The quantitative estimate of drug-likeness (QED) is 0.822. The van der Waals surface area contributed by atoms with Crippen molar-refractivity contribution in [3.63, 3.8) is 0 Å². The Labute approximate surface area is 104 Å². The third kappa shape index (κ3) is 2.13. The Morgan fingerprint density at radius 1 is 1.61 bits per heavy atom. The van der Waals surface area contributed by atoms with E-state index in [0.717, 1.165) is 0 Å². The van der Waals surface area contributed by atoms with Crippen molar-refractivity contribution < 1.29 is 13.9 Å². The lowest BCUT2D eigenvalue weighted by Crippen LogP contribution is -2.53. The molecule has 1 unspecified atom stereocenters. The van der Waals surface area contributed by atoms with E-state index in [9.17, 15) is 9.18 Å². The molecule has 1 saturated heterocycles. The van der Waals surface area contributed by atoms with Crippen LogP contribution < -0.4 is 10.6 Å². The molecule has 0 radical (unpaired) electrons. The SMILES string of the molecule is N#Cc1c(F)cccc1N1CCOCC1C(N)=O. The van der Waals surface area contributed by atoms with Crippen LogP contribution in [0.2, 0.25) is 0 Å². The molecule has 1 aromatic rings. The molecule has 0 bridgehead atoms. The third-order valence-corrected chi connectivity index (χ3v) is 2.87. The van der Waals surface area contributed by atoms with Crippen molar-refractivity contribution in [1.29, 1.82) is 5.26 Å². The number of hydrogen-bond acceptors (Lipinski definition) is 4. The molecule has 1 amide bonds. The van der Waals surface area contributed by atoms with Crippen LogP contribution in [0.5, 0.6) is 0 Å². The molecule has 5 nitrogen and oxygen atoms in total. The van der Waals surface area contributed by atoms with E-state index in [2.05, 4.69) is 0 Å². The summed E-state index contributed by atoms with van der Waals surface area (Å²) in [6.45, 7) is 0.952. The lowest BCUT2D eigenvalue weighted by molar-refractivity contribution is -0.121. The van der Waals surface area contributed by atoms with Gasteiger partial charge in [0, 0.05) is 6.54 Å². The number of amides is 1. The van der Waals surface area contributed by atoms with Crippen LogP contribution in [-0.4, -0.2) is 31.7 Å². The standard InChI is InChI=1S/C12H12FN3O2/c13-9-2-1-3-10(8(9)6-14)16-4-5-18-7-11(16)12(15)17/h1-3,11H,4-5,7H2,(H2,15,17). The summed E-state index contributed by atoms with van der Waals surface area (Å²) in [4.78, 5) is 13.0. The van der Waals surface area contributed by atoms with Crippen LogP contribution in [0, 0.1) is 17.1 Å². The maximum absolute atomic E-state index is 13.5. The largest absolute Gasteiger partial charge is 0.377 e. The summed E-state index contributed by atoms with van der Waals surface area (Å²) in [5, 5.41) is 8.99. The molecule has 1 aliphatic rings. The number of nitriles is 1. The summed E-state index contributed by atoms with van der Waals surface area (Å²) in [6.07, 6.45) is 0. The zero-order chi connectivity index (χ0) is 13.1. The van der Waals surface area contributed by atoms with Crippen molar-refractivity contribution in [2.75, 3.05) is 24.7 Å². The highest BCUT2D eigenvalue weighted by molar-refractivity contribution is 5.84. The van der Waals surface area contributed by atoms with Gasteiger partial charge in [-0.1, -0.05) is 6.07 Å². The van der Waals surface area contributed by atoms with Gasteiger partial charge in [-0.2, -0.15) is 5.26 Å². The highest BCUT2D eigenvalue weighted by Crippen LogP contribution is 2.25. The summed E-state index contributed by atoms with van der Waals surface area (Å²) < 4.78 is 18.7. The summed E-state index contributed by atoms with van der Waals surface area (Å²) >= 11 is 0. The topological polar surface area (TPSA) is 79.3 Å². The molecule has 1 aromatic carbocycles. The zero-order valence-electron chi connectivity index (χ0n) is 9.60. The fourth-order valence-corrected chi connectivity index (χ4v) is 1.99. The first-order chi connectivity index (χ1) is 8.65. The van der Waals surface area contributed by atoms with Crippen LogP contribution >= 0.6 is 0 Å². The van der Waals surface area contributed by atoms with E-state index in [1.54, 1.807) is 11.0 Å². The Hall–Kier alpha value is -2.13. The first kappa shape index (κ1) is 12.3. The van der Waals surface area contributed by atoms with Gasteiger partial charge >= 0.3 is 0 Å². The van der Waals surface area contributed by atoms with Gasteiger partial charge in [-0.3, -0.25) is 4.79 Å². The number of nitrogens with two attached hydrogens (primary N) is 1. The Balaban J connectivity index is 2.43. The minimum atomic E-state index is -0.673. The van der Waals surface area contributed by atoms with E-state index >= 15 is 0 Å². The smallest absolute Gasteiger partial charge is 0.242 e. The summed E-state index contributed by atoms with van der Waals surface area (Å²) in [6, 6.07) is 5.45. The molecule has 0 aromatic heterocycles. The molecule has 0 aliphatic carbocycles. The number of anilines is 1. The van der Waals surface area contributed by atoms with E-state index in [1.165, 1.54) is 12.1 Å². The van der Waals surface area contributed by atoms with Gasteiger partial charge in [0.05, 0.1) is 18.9 Å². The predicted octanol–water partition coefficient (Wildman–Crippen LogP) is 0.388. The second-order valence-corrected chi connectivity index (χ2v) is 3.93. The molecule has 1 heterocycles. The number of nitrogens with zero attached hydrogens (tertiary/aromatic N) is 2. The van der Waals surface area contributed by atoms with Gasteiger partial charge in [-0.15, -0.1) is 0 Å². The number of rotatable bonds is 2. The Kier molecular flexibility index (Phi) is 3.44. The summed E-state index contributed by atoms with van der Waals surface area (Å²) in [5.74, 6) is -1.16. The first-order valence-corrected chi connectivity index (χ1v) is 5.47. The van der Waals surface area contributed by atoms with Crippen LogP contribution in [0.3, 0.4) is 0 Å². The average molecular weight is 249 g/mol. The molecule has 1 fully saturated rings.